The summed E-state index contributed by atoms with van der Waals surface area (Å²) in [6, 6.07) is 0. The zero-order valence-electron chi connectivity index (χ0n) is 9.64. The van der Waals surface area contributed by atoms with Crippen LogP contribution < -0.4 is 29.6 Å². The number of hydrogen-bond acceptors (Lipinski definition) is 1. The molecule has 0 bridgehead atoms. The van der Waals surface area contributed by atoms with Crippen molar-refractivity contribution in [2.24, 2.45) is 5.92 Å². The number of rotatable bonds is 4. The van der Waals surface area contributed by atoms with Crippen LogP contribution in [-0.4, -0.2) is 13.6 Å². The van der Waals surface area contributed by atoms with E-state index in [2.05, 4.69) is 27.7 Å². The van der Waals surface area contributed by atoms with Crippen LogP contribution in [0.1, 0.15) is 41.5 Å². The van der Waals surface area contributed by atoms with Crippen LogP contribution in [0.4, 0.5) is 0 Å². The van der Waals surface area contributed by atoms with Crippen LogP contribution in [0.15, 0.2) is 0 Å². The Morgan fingerprint density at radius 2 is 1.50 bits per heavy atom. The van der Waals surface area contributed by atoms with E-state index in [1.807, 2.05) is 21.3 Å². The Morgan fingerprint density at radius 1 is 1.08 bits per heavy atom. The predicted molar refractivity (Wildman–Crippen MR) is 50.9 cm³/mol. The molecule has 0 rings (SSSR count). The molecule has 12 heavy (non-hydrogen) atoms. The van der Waals surface area contributed by atoms with Crippen molar-refractivity contribution in [3.8, 4) is 0 Å². The van der Waals surface area contributed by atoms with Crippen molar-refractivity contribution in [2.75, 3.05) is 0 Å². The summed E-state index contributed by atoms with van der Waals surface area (Å²) >= 11 is 0. The van der Waals surface area contributed by atoms with E-state index in [-0.39, 0.29) is 34.9 Å². The van der Waals surface area contributed by atoms with Gasteiger partial charge in [-0.25, -0.2) is 0 Å². The Kier molecular flexibility index (Phi) is 8.36. The molecule has 0 aliphatic heterocycles. The second-order valence-electron chi connectivity index (χ2n) is 4.28. The minimum absolute atomic E-state index is 0. The van der Waals surface area contributed by atoms with Gasteiger partial charge in [-0.3, -0.25) is 0 Å². The molecule has 0 N–H and O–H groups in total. The third-order valence-corrected chi connectivity index (χ3v) is 2.13. The topological polar surface area (TPSA) is 9.23 Å². The van der Waals surface area contributed by atoms with Crippen molar-refractivity contribution in [1.82, 2.24) is 0 Å². The van der Waals surface area contributed by atoms with E-state index in [0.29, 0.717) is 12.0 Å². The van der Waals surface area contributed by atoms with Crippen LogP contribution in [0.5, 0.6) is 0 Å². The van der Waals surface area contributed by atoms with Crippen molar-refractivity contribution in [1.29, 1.82) is 0 Å². The van der Waals surface area contributed by atoms with Gasteiger partial charge in [0.2, 0.25) is 0 Å². The van der Waals surface area contributed by atoms with Crippen LogP contribution in [-0.2, 0) is 4.65 Å². The molecule has 0 aliphatic rings. The van der Waals surface area contributed by atoms with Crippen LogP contribution in [0.3, 0.4) is 0 Å². The third-order valence-electron chi connectivity index (χ3n) is 2.13. The van der Waals surface area contributed by atoms with Crippen molar-refractivity contribution < 1.29 is 34.2 Å². The van der Waals surface area contributed by atoms with E-state index in [1.54, 1.807) is 0 Å². The van der Waals surface area contributed by atoms with Gasteiger partial charge in [-0.15, -0.1) is 0 Å². The van der Waals surface area contributed by atoms with Crippen LogP contribution in [0, 0.1) is 5.92 Å². The van der Waals surface area contributed by atoms with Crippen LogP contribution >= 0.6 is 0 Å². The molecular formula is C9H20BNaO. The Hall–Kier alpha value is 1.02. The van der Waals surface area contributed by atoms with E-state index in [4.69, 9.17) is 4.65 Å². The normalized spacial score (nSPS) is 12.0. The van der Waals surface area contributed by atoms with E-state index < -0.39 is 0 Å². The van der Waals surface area contributed by atoms with E-state index in [9.17, 15) is 0 Å². The van der Waals surface area contributed by atoms with Gasteiger partial charge in [0, 0.05) is 6.10 Å². The maximum absolute atomic E-state index is 5.44. The van der Waals surface area contributed by atoms with Crippen molar-refractivity contribution in [2.45, 2.75) is 53.0 Å². The summed E-state index contributed by atoms with van der Waals surface area (Å²) in [7, 11) is 1.96. The molecule has 0 spiro atoms. The summed E-state index contributed by atoms with van der Waals surface area (Å²) in [5.74, 6) is 0.626. The molecule has 0 heterocycles. The average molecular weight is 178 g/mol. The molecule has 0 saturated carbocycles. The molecule has 0 unspecified atom stereocenters. The molecule has 3 heteroatoms. The minimum atomic E-state index is 0. The van der Waals surface area contributed by atoms with Crippen molar-refractivity contribution >= 4 is 7.48 Å². The molecule has 0 atom stereocenters. The first-order valence-electron chi connectivity index (χ1n) is 4.36. The molecule has 0 aliphatic carbocycles. The molecule has 0 aromatic carbocycles. The first-order valence-corrected chi connectivity index (χ1v) is 4.36. The summed E-state index contributed by atoms with van der Waals surface area (Å²) in [5, 5.41) is 0.185. The summed E-state index contributed by atoms with van der Waals surface area (Å²) in [5.41, 5.74) is 0. The molecule has 0 aromatic rings. The number of hydrogen-bond donors (Lipinski definition) is 0. The standard InChI is InChI=1S/C9H20BO.Na/c1-7(2)9(5,6)10-11-8(3)4;/h7-8H,1-6H3;/q-1;+1. The molecular weight excluding hydrogens is 158 g/mol. The maximum atomic E-state index is 5.44. The molecule has 0 aromatic heterocycles. The van der Waals surface area contributed by atoms with Gasteiger partial charge in [-0.05, 0) is 13.8 Å². The quantitative estimate of drug-likeness (QED) is 0.546. The largest absolute Gasteiger partial charge is 1.00 e. The first-order chi connectivity index (χ1) is 4.86. The van der Waals surface area contributed by atoms with Gasteiger partial charge in [0.25, 0.3) is 0 Å². The maximum Gasteiger partial charge on any atom is 1.00 e. The van der Waals surface area contributed by atoms with Gasteiger partial charge < -0.3 is 4.65 Å². The Balaban J connectivity index is 0. The second kappa shape index (κ2) is 6.47. The minimum Gasteiger partial charge on any atom is -0.659 e. The molecule has 1 nitrogen and oxygen atoms in total. The third kappa shape index (κ3) is 6.53. The fourth-order valence-corrected chi connectivity index (χ4v) is 0.448. The fourth-order valence-electron chi connectivity index (χ4n) is 0.448. The Bertz CT molecular complexity index is 113. The molecule has 66 valence electrons. The van der Waals surface area contributed by atoms with Gasteiger partial charge in [0.15, 0.2) is 0 Å². The monoisotopic (exact) mass is 178 g/mol. The van der Waals surface area contributed by atoms with Crippen LogP contribution in [0.2, 0.25) is 5.31 Å². The SMILES string of the molecule is CC(C)O[B-]C(C)(C)C(C)C.[Na+]. The van der Waals surface area contributed by atoms with E-state index >= 15 is 0 Å². The van der Waals surface area contributed by atoms with Gasteiger partial charge in [-0.1, -0.05) is 33.6 Å². The average Bonchev–Trinajstić information content (AvgIpc) is 1.84. The van der Waals surface area contributed by atoms with Gasteiger partial charge in [0.05, 0.1) is 0 Å². The van der Waals surface area contributed by atoms with Gasteiger partial charge in [0.1, 0.15) is 0 Å². The zero-order chi connectivity index (χ0) is 9.07. The predicted octanol–water partition coefficient (Wildman–Crippen LogP) is -0.111. The molecule has 0 amide bonds. The van der Waals surface area contributed by atoms with Crippen LogP contribution in [0.25, 0.3) is 0 Å². The van der Waals surface area contributed by atoms with Gasteiger partial charge in [-0.2, -0.15) is 12.8 Å². The van der Waals surface area contributed by atoms with Crippen molar-refractivity contribution in [3.63, 3.8) is 0 Å². The van der Waals surface area contributed by atoms with Crippen molar-refractivity contribution in [3.05, 3.63) is 0 Å². The van der Waals surface area contributed by atoms with Gasteiger partial charge >= 0.3 is 29.6 Å². The molecule has 0 fully saturated rings. The first kappa shape index (κ1) is 15.5. The van der Waals surface area contributed by atoms with E-state index in [1.165, 1.54) is 0 Å². The summed E-state index contributed by atoms with van der Waals surface area (Å²) < 4.78 is 5.44. The smallest absolute Gasteiger partial charge is 0.659 e. The summed E-state index contributed by atoms with van der Waals surface area (Å²) in [6.07, 6.45) is 0.299. The summed E-state index contributed by atoms with van der Waals surface area (Å²) in [6.45, 7) is 12.9. The van der Waals surface area contributed by atoms with E-state index in [0.717, 1.165) is 0 Å². The molecule has 0 saturated heterocycles. The zero-order valence-corrected chi connectivity index (χ0v) is 11.6. The summed E-state index contributed by atoms with van der Waals surface area (Å²) in [4.78, 5) is 0. The Morgan fingerprint density at radius 3 is 1.75 bits per heavy atom. The molecule has 2 radical (unpaired) electrons. The Labute approximate surface area is 100 Å². The fraction of sp³-hybridized carbons (Fsp3) is 1.00. The second-order valence-corrected chi connectivity index (χ2v) is 4.28.